The van der Waals surface area contributed by atoms with Crippen molar-refractivity contribution < 1.29 is 4.79 Å². The fraction of sp³-hybridized carbons (Fsp3) is 0.632. The van der Waals surface area contributed by atoms with Crippen LogP contribution in [-0.4, -0.2) is 56.0 Å². The fourth-order valence-corrected chi connectivity index (χ4v) is 3.07. The summed E-state index contributed by atoms with van der Waals surface area (Å²) in [7, 11) is 4.11. The van der Waals surface area contributed by atoms with Gasteiger partial charge < -0.3 is 15.1 Å². The van der Waals surface area contributed by atoms with Crippen molar-refractivity contribution in [1.82, 2.24) is 15.1 Å². The van der Waals surface area contributed by atoms with Gasteiger partial charge in [0.15, 0.2) is 0 Å². The van der Waals surface area contributed by atoms with Crippen molar-refractivity contribution in [2.45, 2.75) is 32.2 Å². The summed E-state index contributed by atoms with van der Waals surface area (Å²) in [4.78, 5) is 16.9. The monoisotopic (exact) mass is 353 g/mol. The Bertz CT molecular complexity index is 461. The highest BCUT2D eigenvalue weighted by Gasteiger charge is 2.18. The molecule has 5 heteroatoms. The van der Waals surface area contributed by atoms with Crippen LogP contribution in [0.5, 0.6) is 0 Å². The van der Waals surface area contributed by atoms with Crippen LogP contribution < -0.4 is 5.32 Å². The minimum atomic E-state index is 0. The van der Waals surface area contributed by atoms with Crippen LogP contribution >= 0.6 is 12.4 Å². The van der Waals surface area contributed by atoms with E-state index in [2.05, 4.69) is 36.4 Å². The third-order valence-corrected chi connectivity index (χ3v) is 4.61. The molecule has 1 N–H and O–H groups in total. The SMILES string of the molecule is CN(C)CCN(Cc1ccccc1)C(=O)CCC1CCNCC1.Cl. The van der Waals surface area contributed by atoms with Crippen molar-refractivity contribution >= 4 is 18.3 Å². The summed E-state index contributed by atoms with van der Waals surface area (Å²) in [5, 5.41) is 3.39. The molecule has 136 valence electrons. The van der Waals surface area contributed by atoms with Gasteiger partial charge in [-0.3, -0.25) is 4.79 Å². The molecular weight excluding hydrogens is 322 g/mol. The molecule has 0 atom stereocenters. The number of piperidine rings is 1. The van der Waals surface area contributed by atoms with Gasteiger partial charge in [-0.1, -0.05) is 30.3 Å². The lowest BCUT2D eigenvalue weighted by Gasteiger charge is -2.27. The van der Waals surface area contributed by atoms with E-state index in [1.165, 1.54) is 18.4 Å². The van der Waals surface area contributed by atoms with Crippen LogP contribution in [0.4, 0.5) is 0 Å². The molecule has 4 nitrogen and oxygen atoms in total. The largest absolute Gasteiger partial charge is 0.337 e. The molecule has 0 spiro atoms. The Morgan fingerprint density at radius 2 is 1.79 bits per heavy atom. The van der Waals surface area contributed by atoms with Crippen molar-refractivity contribution in [2.24, 2.45) is 5.92 Å². The molecule has 1 aromatic carbocycles. The molecule has 0 aliphatic carbocycles. The van der Waals surface area contributed by atoms with Gasteiger partial charge in [0.25, 0.3) is 0 Å². The Morgan fingerprint density at radius 1 is 1.12 bits per heavy atom. The minimum absolute atomic E-state index is 0. The highest BCUT2D eigenvalue weighted by molar-refractivity contribution is 5.85. The number of amides is 1. The Morgan fingerprint density at radius 3 is 2.42 bits per heavy atom. The fourth-order valence-electron chi connectivity index (χ4n) is 3.07. The van der Waals surface area contributed by atoms with Gasteiger partial charge in [0, 0.05) is 26.1 Å². The van der Waals surface area contributed by atoms with Crippen molar-refractivity contribution in [3.8, 4) is 0 Å². The summed E-state index contributed by atoms with van der Waals surface area (Å²) in [6.45, 7) is 4.64. The van der Waals surface area contributed by atoms with Crippen LogP contribution in [0.2, 0.25) is 0 Å². The number of hydrogen-bond donors (Lipinski definition) is 1. The molecule has 1 amide bonds. The maximum Gasteiger partial charge on any atom is 0.222 e. The molecule has 2 rings (SSSR count). The molecular formula is C19H32ClN3O. The van der Waals surface area contributed by atoms with Gasteiger partial charge in [-0.05, 0) is 57.9 Å². The van der Waals surface area contributed by atoms with E-state index in [4.69, 9.17) is 0 Å². The highest BCUT2D eigenvalue weighted by Crippen LogP contribution is 2.19. The lowest BCUT2D eigenvalue weighted by molar-refractivity contribution is -0.132. The normalized spacial score (nSPS) is 15.1. The number of nitrogens with one attached hydrogen (secondary N) is 1. The summed E-state index contributed by atoms with van der Waals surface area (Å²) < 4.78 is 0. The van der Waals surface area contributed by atoms with Crippen LogP contribution in [0.25, 0.3) is 0 Å². The summed E-state index contributed by atoms with van der Waals surface area (Å²) in [6, 6.07) is 10.3. The van der Waals surface area contributed by atoms with Crippen LogP contribution in [0.1, 0.15) is 31.2 Å². The molecule has 1 aliphatic heterocycles. The number of rotatable bonds is 8. The second kappa shape index (κ2) is 11.5. The first-order chi connectivity index (χ1) is 11.1. The first-order valence-electron chi connectivity index (χ1n) is 8.82. The molecule has 1 aliphatic rings. The zero-order valence-corrected chi connectivity index (χ0v) is 15.9. The van der Waals surface area contributed by atoms with Crippen molar-refractivity contribution in [1.29, 1.82) is 0 Å². The molecule has 0 bridgehead atoms. The number of carbonyl (C=O) groups is 1. The van der Waals surface area contributed by atoms with Crippen LogP contribution in [-0.2, 0) is 11.3 Å². The standard InChI is InChI=1S/C19H31N3O.ClH/c1-21(2)14-15-22(16-18-6-4-3-5-7-18)19(23)9-8-17-10-12-20-13-11-17;/h3-7,17,20H,8-16H2,1-2H3;1H. The molecule has 1 saturated heterocycles. The number of benzene rings is 1. The van der Waals surface area contributed by atoms with Gasteiger partial charge >= 0.3 is 0 Å². The summed E-state index contributed by atoms with van der Waals surface area (Å²) in [6.07, 6.45) is 4.14. The number of hydrogen-bond acceptors (Lipinski definition) is 3. The van der Waals surface area contributed by atoms with Crippen LogP contribution in [0.3, 0.4) is 0 Å². The average Bonchev–Trinajstić information content (AvgIpc) is 2.58. The quantitative estimate of drug-likeness (QED) is 0.780. The summed E-state index contributed by atoms with van der Waals surface area (Å²) >= 11 is 0. The molecule has 0 saturated carbocycles. The van der Waals surface area contributed by atoms with Gasteiger partial charge in [-0.15, -0.1) is 12.4 Å². The van der Waals surface area contributed by atoms with Crippen LogP contribution in [0.15, 0.2) is 30.3 Å². The van der Waals surface area contributed by atoms with Gasteiger partial charge in [-0.2, -0.15) is 0 Å². The van der Waals surface area contributed by atoms with E-state index < -0.39 is 0 Å². The number of nitrogens with zero attached hydrogens (tertiary/aromatic N) is 2. The lowest BCUT2D eigenvalue weighted by atomic mass is 9.93. The molecule has 1 fully saturated rings. The zero-order valence-electron chi connectivity index (χ0n) is 15.0. The summed E-state index contributed by atoms with van der Waals surface area (Å²) in [5.41, 5.74) is 1.21. The van der Waals surface area contributed by atoms with Crippen LogP contribution in [0, 0.1) is 5.92 Å². The number of likely N-dealkylation sites (N-methyl/N-ethyl adjacent to an activating group) is 1. The highest BCUT2D eigenvalue weighted by atomic mass is 35.5. The molecule has 0 unspecified atom stereocenters. The Kier molecular flexibility index (Phi) is 9.99. The Labute approximate surface area is 153 Å². The van der Waals surface area contributed by atoms with Gasteiger partial charge in [0.1, 0.15) is 0 Å². The molecule has 1 heterocycles. The van der Waals surface area contributed by atoms with Gasteiger partial charge in [0.2, 0.25) is 5.91 Å². The van der Waals surface area contributed by atoms with Crippen molar-refractivity contribution in [3.63, 3.8) is 0 Å². The first-order valence-corrected chi connectivity index (χ1v) is 8.82. The maximum absolute atomic E-state index is 12.7. The second-order valence-corrected chi connectivity index (χ2v) is 6.84. The Hall–Kier alpha value is -1.10. The minimum Gasteiger partial charge on any atom is -0.337 e. The zero-order chi connectivity index (χ0) is 16.5. The number of halogens is 1. The smallest absolute Gasteiger partial charge is 0.222 e. The topological polar surface area (TPSA) is 35.6 Å². The molecule has 24 heavy (non-hydrogen) atoms. The predicted molar refractivity (Wildman–Crippen MR) is 102 cm³/mol. The van der Waals surface area contributed by atoms with Crippen molar-refractivity contribution in [2.75, 3.05) is 40.3 Å². The van der Waals surface area contributed by atoms with E-state index in [0.717, 1.165) is 39.1 Å². The molecule has 0 radical (unpaired) electrons. The lowest BCUT2D eigenvalue weighted by Crippen LogP contribution is -2.36. The average molecular weight is 354 g/mol. The van der Waals surface area contributed by atoms with E-state index in [9.17, 15) is 4.79 Å². The molecule has 0 aromatic heterocycles. The van der Waals surface area contributed by atoms with E-state index in [0.29, 0.717) is 18.2 Å². The van der Waals surface area contributed by atoms with Gasteiger partial charge in [0.05, 0.1) is 0 Å². The maximum atomic E-state index is 12.7. The van der Waals surface area contributed by atoms with E-state index >= 15 is 0 Å². The third-order valence-electron chi connectivity index (χ3n) is 4.61. The predicted octanol–water partition coefficient (Wildman–Crippen LogP) is 2.78. The number of carbonyl (C=O) groups excluding carboxylic acids is 1. The van der Waals surface area contributed by atoms with E-state index in [-0.39, 0.29) is 12.4 Å². The Balaban J connectivity index is 0.00000288. The van der Waals surface area contributed by atoms with Crippen molar-refractivity contribution in [3.05, 3.63) is 35.9 Å². The van der Waals surface area contributed by atoms with E-state index in [1.54, 1.807) is 0 Å². The summed E-state index contributed by atoms with van der Waals surface area (Å²) in [5.74, 6) is 1.02. The first kappa shape index (κ1) is 20.9. The second-order valence-electron chi connectivity index (χ2n) is 6.84. The third kappa shape index (κ3) is 7.65. The molecule has 1 aromatic rings. The van der Waals surface area contributed by atoms with Gasteiger partial charge in [-0.25, -0.2) is 0 Å². The van der Waals surface area contributed by atoms with E-state index in [1.807, 2.05) is 23.1 Å².